The molecule has 0 fully saturated rings. The van der Waals surface area contributed by atoms with Crippen molar-refractivity contribution in [2.75, 3.05) is 35.4 Å². The van der Waals surface area contributed by atoms with E-state index in [-0.39, 0.29) is 35.6 Å². The van der Waals surface area contributed by atoms with E-state index >= 15 is 0 Å². The molecule has 0 aliphatic heterocycles. The molecule has 2 heterocycles. The Morgan fingerprint density at radius 1 is 0.377 bits per heavy atom. The van der Waals surface area contributed by atoms with Crippen LogP contribution in [0.4, 0.5) is 0 Å². The molecule has 0 aliphatic rings. The lowest BCUT2D eigenvalue weighted by Crippen LogP contribution is -2.10. The highest BCUT2D eigenvalue weighted by Gasteiger charge is 2.07. The number of nitrogens with one attached hydrogen (secondary N) is 1. The fourth-order valence-corrected chi connectivity index (χ4v) is 6.57. The van der Waals surface area contributed by atoms with E-state index in [2.05, 4.69) is 49.1 Å². The molecule has 0 aliphatic carbocycles. The van der Waals surface area contributed by atoms with E-state index < -0.39 is 11.9 Å². The van der Waals surface area contributed by atoms with Crippen molar-refractivity contribution in [1.29, 1.82) is 15.9 Å². The van der Waals surface area contributed by atoms with Gasteiger partial charge in [-0.05, 0) is 48.5 Å². The van der Waals surface area contributed by atoms with Gasteiger partial charge in [0.25, 0.3) is 17.8 Å². The molecule has 0 radical (unpaired) electrons. The van der Waals surface area contributed by atoms with Gasteiger partial charge in [-0.15, -0.1) is 0 Å². The SMILES string of the molecule is CC.CC.CC.CC.CC(=O)O.CC(=O)O.CN(C)C=NC(=O)c1ccccc1.COC(C)=O.COC(C)=O.COC(C)=O.N#Cc1ccccc1.N#Cc1ccccc1.N=C(N)c1ccccc1.NC(=O)c1ccccc1.c1ccc(-c2ncnc(-c3ccccc3)n2)cc1.c1ccc(-c2ncnc(-c3ccccc3)n2)cc1. The first-order valence-corrected chi connectivity index (χ1v) is 35.4. The average molecular weight is 1550 g/mol. The van der Waals surface area contributed by atoms with Crippen LogP contribution in [0.3, 0.4) is 0 Å². The number of carboxylic acids is 2. The number of carbonyl (C=O) groups is 7. The number of nitrogens with zero attached hydrogens (tertiary/aromatic N) is 10. The number of primary amides is 1. The fraction of sp³-hybridized carbons (Fsp3) is 0.202. The van der Waals surface area contributed by atoms with Crippen molar-refractivity contribution in [3.8, 4) is 57.7 Å². The van der Waals surface area contributed by atoms with Crippen molar-refractivity contribution in [3.05, 3.63) is 313 Å². The summed E-state index contributed by atoms with van der Waals surface area (Å²) in [6.45, 7) is 22.2. The minimum Gasteiger partial charge on any atom is -0.481 e. The first-order valence-electron chi connectivity index (χ1n) is 35.4. The number of amidine groups is 1. The Hall–Kier alpha value is -14.6. The van der Waals surface area contributed by atoms with Crippen LogP contribution >= 0.6 is 0 Å². The Labute approximate surface area is 672 Å². The molecule has 0 saturated carbocycles. The van der Waals surface area contributed by atoms with Gasteiger partial charge in [0.1, 0.15) is 18.5 Å². The van der Waals surface area contributed by atoms with E-state index in [1.807, 2.05) is 294 Å². The minimum atomic E-state index is -0.833. The average Bonchev–Trinajstić information content (AvgIpc) is 0.843. The second-order valence-corrected chi connectivity index (χ2v) is 20.2. The van der Waals surface area contributed by atoms with E-state index in [0.29, 0.717) is 45.6 Å². The smallest absolute Gasteiger partial charge is 0.302 e. The lowest BCUT2D eigenvalue weighted by atomic mass is 10.2. The number of esters is 3. The van der Waals surface area contributed by atoms with Crippen LogP contribution in [0.1, 0.15) is 127 Å². The summed E-state index contributed by atoms with van der Waals surface area (Å²) in [6.07, 6.45) is 4.60. The highest BCUT2D eigenvalue weighted by molar-refractivity contribution is 5.98. The number of carbonyl (C=O) groups excluding carboxylic acids is 5. The van der Waals surface area contributed by atoms with Gasteiger partial charge >= 0.3 is 17.9 Å². The molecule has 0 unspecified atom stereocenters. The number of methoxy groups -OCH3 is 3. The summed E-state index contributed by atoms with van der Waals surface area (Å²) < 4.78 is 12.3. The Bertz CT molecular complexity index is 4000. The van der Waals surface area contributed by atoms with E-state index in [9.17, 15) is 24.0 Å². The maximum Gasteiger partial charge on any atom is 0.302 e. The number of aromatic nitrogens is 6. The predicted molar refractivity (Wildman–Crippen MR) is 454 cm³/mol. The molecule has 114 heavy (non-hydrogen) atoms. The molecule has 7 N–H and O–H groups in total. The van der Waals surface area contributed by atoms with E-state index in [1.165, 1.54) is 48.4 Å². The number of nitrogens with two attached hydrogens (primary N) is 2. The summed E-state index contributed by atoms with van der Waals surface area (Å²) in [5.41, 5.74) is 17.5. The number of rotatable bonds is 8. The van der Waals surface area contributed by atoms with Gasteiger partial charge in [0.05, 0.1) is 50.9 Å². The fourth-order valence-electron chi connectivity index (χ4n) is 6.57. The van der Waals surface area contributed by atoms with Crippen LogP contribution in [-0.4, -0.2) is 134 Å². The van der Waals surface area contributed by atoms with Gasteiger partial charge in [0, 0.05) is 87.7 Å². The van der Waals surface area contributed by atoms with Crippen molar-refractivity contribution < 1.29 is 58.0 Å². The van der Waals surface area contributed by atoms with Crippen LogP contribution in [0.25, 0.3) is 45.6 Å². The number of benzene rings is 9. The van der Waals surface area contributed by atoms with Crippen LogP contribution in [0.5, 0.6) is 0 Å². The van der Waals surface area contributed by atoms with Gasteiger partial charge in [-0.25, -0.2) is 29.9 Å². The molecule has 0 spiro atoms. The molecule has 11 aromatic rings. The van der Waals surface area contributed by atoms with Gasteiger partial charge in [-0.1, -0.05) is 280 Å². The van der Waals surface area contributed by atoms with E-state index in [4.69, 9.17) is 47.2 Å². The monoisotopic (exact) mass is 1550 g/mol. The number of hydrogen-bond donors (Lipinski definition) is 5. The van der Waals surface area contributed by atoms with Crippen molar-refractivity contribution in [1.82, 2.24) is 34.8 Å². The molecule has 2 amide bonds. The first kappa shape index (κ1) is 108. The van der Waals surface area contributed by atoms with Crippen molar-refractivity contribution in [2.24, 2.45) is 16.5 Å². The summed E-state index contributed by atoms with van der Waals surface area (Å²) in [5, 5.41) is 38.4. The van der Waals surface area contributed by atoms with Crippen LogP contribution in [0.2, 0.25) is 0 Å². The van der Waals surface area contributed by atoms with Crippen LogP contribution < -0.4 is 11.5 Å². The zero-order chi connectivity index (χ0) is 87.1. The molecule has 25 heteroatoms. The molecule has 0 saturated heterocycles. The summed E-state index contributed by atoms with van der Waals surface area (Å²) in [6, 6.07) is 88.9. The number of nitrogen functional groups attached to an aromatic ring is 1. The van der Waals surface area contributed by atoms with E-state index in [1.54, 1.807) is 78.2 Å². The molecular formula is C89H109N13O12. The lowest BCUT2D eigenvalue weighted by Gasteiger charge is -2.02. The highest BCUT2D eigenvalue weighted by Crippen LogP contribution is 2.20. The van der Waals surface area contributed by atoms with Crippen LogP contribution in [0.15, 0.2) is 291 Å². The molecule has 11 rings (SSSR count). The largest absolute Gasteiger partial charge is 0.481 e. The third-order valence-electron chi connectivity index (χ3n) is 11.5. The highest BCUT2D eigenvalue weighted by atomic mass is 16.5. The summed E-state index contributed by atoms with van der Waals surface area (Å²) >= 11 is 0. The maximum atomic E-state index is 11.3. The van der Waals surface area contributed by atoms with Gasteiger partial charge in [0.2, 0.25) is 5.91 Å². The number of hydrogen-bond acceptors (Lipinski definition) is 19. The van der Waals surface area contributed by atoms with Crippen molar-refractivity contribution in [2.45, 2.75) is 90.0 Å². The Balaban J connectivity index is -0.000000388. The predicted octanol–water partition coefficient (Wildman–Crippen LogP) is 17.5. The van der Waals surface area contributed by atoms with E-state index in [0.717, 1.165) is 41.7 Å². The minimum absolute atomic E-state index is 0.121. The number of aliphatic imine (C=N–C) groups is 1. The zero-order valence-electron chi connectivity index (χ0n) is 68.3. The number of carboxylic acid groups (broad SMARTS) is 2. The lowest BCUT2D eigenvalue weighted by molar-refractivity contribution is -0.138. The Kier molecular flexibility index (Phi) is 71.3. The third-order valence-corrected chi connectivity index (χ3v) is 11.5. The van der Waals surface area contributed by atoms with Gasteiger partial charge < -0.3 is 40.8 Å². The van der Waals surface area contributed by atoms with Crippen LogP contribution in [0, 0.1) is 28.1 Å². The van der Waals surface area contributed by atoms with Gasteiger partial charge in [-0.2, -0.15) is 15.5 Å². The second kappa shape index (κ2) is 75.2. The summed E-state index contributed by atoms with van der Waals surface area (Å²) in [5.74, 6) is -0.0803. The topological polar surface area (TPSA) is 404 Å². The molecule has 25 nitrogen and oxygen atoms in total. The van der Waals surface area contributed by atoms with Crippen LogP contribution in [-0.2, 0) is 38.2 Å². The third kappa shape index (κ3) is 62.4. The molecule has 602 valence electrons. The quantitative estimate of drug-likeness (QED) is 0.0408. The summed E-state index contributed by atoms with van der Waals surface area (Å²) in [7, 11) is 7.69. The zero-order valence-corrected chi connectivity index (χ0v) is 68.3. The molecule has 9 aromatic carbocycles. The molecule has 0 bridgehead atoms. The normalized spacial score (nSPS) is 8.46. The second-order valence-electron chi connectivity index (χ2n) is 20.2. The molecule has 2 aromatic heterocycles. The number of aliphatic carboxylic acids is 2. The first-order chi connectivity index (χ1) is 54.8. The number of ether oxygens (including phenoxy) is 3. The standard InChI is InChI=1S/2C15H11N3.C10H12N2O.C7H8N2.C7H7NO.2C7H5N.3C3H6O2.2C2H4O2.4C2H6/c2*1-3-7-12(8-4-1)14-16-11-17-15(18-14)13-9-5-2-6-10-13;1-12(2)8-11-10(13)9-6-4-3-5-7-9;2*8-7(9)6-4-2-1-3-5-6;2*8-6-7-4-2-1-3-5-7;3*1-3(4)5-2;2*1-2(3)4;4*1-2/h2*1-11H;3-8H,1-2H3;1-5H,(H3,8,9);1-5H,(H2,8,9);2*1-5H;3*1-2H3;2*1H3,(H,3,4);4*1-2H3. The maximum absolute atomic E-state index is 11.3. The summed E-state index contributed by atoms with van der Waals surface area (Å²) in [4.78, 5) is 99.8. The Morgan fingerprint density at radius 3 is 0.728 bits per heavy atom. The number of amides is 2. The van der Waals surface area contributed by atoms with Crippen molar-refractivity contribution in [3.63, 3.8) is 0 Å². The van der Waals surface area contributed by atoms with Crippen molar-refractivity contribution >= 4 is 53.8 Å². The number of nitriles is 2. The Morgan fingerprint density at radius 2 is 0.570 bits per heavy atom. The van der Waals surface area contributed by atoms with Gasteiger partial charge in [-0.3, -0.25) is 39.0 Å². The molecular weight excluding hydrogens is 1440 g/mol. The van der Waals surface area contributed by atoms with Gasteiger partial charge in [0.15, 0.2) is 23.3 Å². The molecule has 0 atom stereocenters.